The van der Waals surface area contributed by atoms with Gasteiger partial charge < -0.3 is 20.2 Å². The summed E-state index contributed by atoms with van der Waals surface area (Å²) in [6.45, 7) is 0. The second-order valence-electron chi connectivity index (χ2n) is 4.01. The Morgan fingerprint density at radius 2 is 1.89 bits per heavy atom. The van der Waals surface area contributed by atoms with Gasteiger partial charge in [-0.2, -0.15) is 5.10 Å². The van der Waals surface area contributed by atoms with E-state index in [1.807, 2.05) is 12.1 Å². The van der Waals surface area contributed by atoms with Crippen LogP contribution in [0.2, 0.25) is 0 Å². The number of ether oxygens (including phenoxy) is 2. The maximum absolute atomic E-state index is 5.78. The molecule has 7 nitrogen and oxygen atoms in total. The van der Waals surface area contributed by atoms with Crippen molar-refractivity contribution in [1.29, 1.82) is 0 Å². The third-order valence-corrected chi connectivity index (χ3v) is 2.91. The zero-order valence-corrected chi connectivity index (χ0v) is 10.5. The zero-order valence-electron chi connectivity index (χ0n) is 10.5. The fourth-order valence-electron chi connectivity index (χ4n) is 1.95. The van der Waals surface area contributed by atoms with Gasteiger partial charge in [0.15, 0.2) is 11.5 Å². The first kappa shape index (κ1) is 11.4. The highest BCUT2D eigenvalue weighted by Crippen LogP contribution is 2.33. The minimum atomic E-state index is 0.470. The second kappa shape index (κ2) is 4.20. The van der Waals surface area contributed by atoms with Gasteiger partial charge in [-0.25, -0.2) is 4.98 Å². The predicted molar refractivity (Wildman–Crippen MR) is 71.2 cm³/mol. The quantitative estimate of drug-likeness (QED) is 0.662. The molecule has 0 saturated carbocycles. The molecule has 3 rings (SSSR count). The van der Waals surface area contributed by atoms with Crippen molar-refractivity contribution in [3.8, 4) is 22.9 Å². The zero-order chi connectivity index (χ0) is 13.4. The number of methoxy groups -OCH3 is 2. The monoisotopic (exact) mass is 259 g/mol. The molecular formula is C12H13N5O2. The van der Waals surface area contributed by atoms with E-state index in [4.69, 9.17) is 15.2 Å². The number of anilines is 1. The molecular weight excluding hydrogens is 246 g/mol. The van der Waals surface area contributed by atoms with E-state index in [0.717, 1.165) is 16.6 Å². The molecule has 0 spiro atoms. The smallest absolute Gasteiger partial charge is 0.163 e. The number of hydrogen-bond acceptors (Lipinski definition) is 5. The molecule has 0 saturated heterocycles. The molecule has 3 aromatic rings. The summed E-state index contributed by atoms with van der Waals surface area (Å²) < 4.78 is 10.5. The molecule has 1 aromatic carbocycles. The molecule has 19 heavy (non-hydrogen) atoms. The van der Waals surface area contributed by atoms with Crippen LogP contribution < -0.4 is 15.2 Å². The van der Waals surface area contributed by atoms with Gasteiger partial charge in [0.25, 0.3) is 0 Å². The number of hydrogen-bond donors (Lipinski definition) is 3. The van der Waals surface area contributed by atoms with Crippen molar-refractivity contribution >= 4 is 16.9 Å². The molecule has 0 atom stereocenters. The van der Waals surface area contributed by atoms with E-state index in [9.17, 15) is 0 Å². The lowest BCUT2D eigenvalue weighted by molar-refractivity contribution is 0.356. The maximum Gasteiger partial charge on any atom is 0.163 e. The van der Waals surface area contributed by atoms with Crippen LogP contribution in [0.5, 0.6) is 11.5 Å². The Bertz CT molecular complexity index is 690. The van der Waals surface area contributed by atoms with Crippen molar-refractivity contribution in [2.75, 3.05) is 20.0 Å². The molecule has 2 heterocycles. The molecule has 0 radical (unpaired) electrons. The first-order chi connectivity index (χ1) is 9.22. The van der Waals surface area contributed by atoms with Gasteiger partial charge in [0.1, 0.15) is 11.6 Å². The van der Waals surface area contributed by atoms with Crippen molar-refractivity contribution in [3.05, 3.63) is 18.3 Å². The van der Waals surface area contributed by atoms with Gasteiger partial charge in [-0.15, -0.1) is 0 Å². The Balaban J connectivity index is 2.18. The number of aromatic nitrogens is 4. The van der Waals surface area contributed by atoms with E-state index >= 15 is 0 Å². The highest BCUT2D eigenvalue weighted by molar-refractivity contribution is 5.84. The van der Waals surface area contributed by atoms with Crippen molar-refractivity contribution in [1.82, 2.24) is 20.2 Å². The summed E-state index contributed by atoms with van der Waals surface area (Å²) in [7, 11) is 3.18. The third kappa shape index (κ3) is 1.75. The largest absolute Gasteiger partial charge is 0.493 e. The van der Waals surface area contributed by atoms with Crippen molar-refractivity contribution < 1.29 is 9.47 Å². The van der Waals surface area contributed by atoms with E-state index in [1.54, 1.807) is 20.4 Å². The Kier molecular flexibility index (Phi) is 2.52. The summed E-state index contributed by atoms with van der Waals surface area (Å²) in [4.78, 5) is 7.65. The Morgan fingerprint density at radius 1 is 1.16 bits per heavy atom. The molecule has 98 valence electrons. The van der Waals surface area contributed by atoms with E-state index in [2.05, 4.69) is 20.2 Å². The van der Waals surface area contributed by atoms with Crippen LogP contribution >= 0.6 is 0 Å². The van der Waals surface area contributed by atoms with Crippen molar-refractivity contribution in [2.45, 2.75) is 0 Å². The van der Waals surface area contributed by atoms with Crippen LogP contribution in [0, 0.1) is 0 Å². The SMILES string of the molecule is COc1cc2nc(-c3cn[nH]c3N)[nH]c2cc1OC. The Labute approximate surface area is 108 Å². The molecule has 7 heteroatoms. The van der Waals surface area contributed by atoms with Gasteiger partial charge in [-0.3, -0.25) is 5.10 Å². The summed E-state index contributed by atoms with van der Waals surface area (Å²) in [6, 6.07) is 3.64. The molecule has 0 amide bonds. The second-order valence-corrected chi connectivity index (χ2v) is 4.01. The molecule has 0 aliphatic carbocycles. The highest BCUT2D eigenvalue weighted by Gasteiger charge is 2.13. The van der Waals surface area contributed by atoms with Gasteiger partial charge in [0, 0.05) is 12.1 Å². The molecule has 0 aliphatic heterocycles. The van der Waals surface area contributed by atoms with E-state index in [-0.39, 0.29) is 0 Å². The molecule has 4 N–H and O–H groups in total. The minimum absolute atomic E-state index is 0.470. The molecule has 2 aromatic heterocycles. The van der Waals surface area contributed by atoms with Gasteiger partial charge >= 0.3 is 0 Å². The molecule has 0 unspecified atom stereocenters. The van der Waals surface area contributed by atoms with Crippen molar-refractivity contribution in [2.24, 2.45) is 0 Å². The summed E-state index contributed by atoms with van der Waals surface area (Å²) >= 11 is 0. The number of aromatic amines is 2. The van der Waals surface area contributed by atoms with Gasteiger partial charge in [0.2, 0.25) is 0 Å². The number of nitrogens with zero attached hydrogens (tertiary/aromatic N) is 2. The standard InChI is InChI=1S/C12H13N5O2/c1-18-9-3-7-8(4-10(9)19-2)16-12(15-7)6-5-14-17-11(6)13/h3-5H,1-2H3,(H,15,16)(H3,13,14,17). The van der Waals surface area contributed by atoms with Gasteiger partial charge in [-0.05, 0) is 0 Å². The van der Waals surface area contributed by atoms with Crippen molar-refractivity contribution in [3.63, 3.8) is 0 Å². The van der Waals surface area contributed by atoms with Crippen LogP contribution in [0.25, 0.3) is 22.4 Å². The number of H-pyrrole nitrogens is 2. The van der Waals surface area contributed by atoms with E-state index in [0.29, 0.717) is 23.1 Å². The Morgan fingerprint density at radius 3 is 2.53 bits per heavy atom. The summed E-state index contributed by atoms with van der Waals surface area (Å²) in [5.41, 5.74) is 8.12. The first-order valence-electron chi connectivity index (χ1n) is 5.64. The number of nitrogen functional groups attached to an aromatic ring is 1. The lowest BCUT2D eigenvalue weighted by Gasteiger charge is -2.06. The minimum Gasteiger partial charge on any atom is -0.493 e. The van der Waals surface area contributed by atoms with E-state index < -0.39 is 0 Å². The number of nitrogens with two attached hydrogens (primary N) is 1. The molecule has 0 aliphatic rings. The maximum atomic E-state index is 5.78. The Hall–Kier alpha value is -2.70. The first-order valence-corrected chi connectivity index (χ1v) is 5.64. The normalized spacial score (nSPS) is 10.8. The number of fused-ring (bicyclic) bond motifs is 1. The van der Waals surface area contributed by atoms with Crippen LogP contribution in [0.3, 0.4) is 0 Å². The highest BCUT2D eigenvalue weighted by atomic mass is 16.5. The van der Waals surface area contributed by atoms with Gasteiger partial charge in [0.05, 0.1) is 37.0 Å². The fourth-order valence-corrected chi connectivity index (χ4v) is 1.95. The van der Waals surface area contributed by atoms with Gasteiger partial charge in [-0.1, -0.05) is 0 Å². The number of benzene rings is 1. The number of imidazole rings is 1. The van der Waals surface area contributed by atoms with Crippen LogP contribution in [0.15, 0.2) is 18.3 Å². The lowest BCUT2D eigenvalue weighted by Crippen LogP contribution is -1.89. The molecule has 0 fully saturated rings. The van der Waals surface area contributed by atoms with Crippen LogP contribution in [-0.2, 0) is 0 Å². The predicted octanol–water partition coefficient (Wildman–Crippen LogP) is 1.55. The average Bonchev–Trinajstić information content (AvgIpc) is 3.01. The molecule has 0 bridgehead atoms. The average molecular weight is 259 g/mol. The van der Waals surface area contributed by atoms with Crippen LogP contribution in [0.1, 0.15) is 0 Å². The topological polar surface area (TPSA) is 102 Å². The number of nitrogens with one attached hydrogen (secondary N) is 2. The summed E-state index contributed by atoms with van der Waals surface area (Å²) in [5, 5.41) is 6.55. The van der Waals surface area contributed by atoms with Crippen LogP contribution in [-0.4, -0.2) is 34.4 Å². The van der Waals surface area contributed by atoms with E-state index in [1.165, 1.54) is 0 Å². The lowest BCUT2D eigenvalue weighted by atomic mass is 10.3. The van der Waals surface area contributed by atoms with Crippen LogP contribution in [0.4, 0.5) is 5.82 Å². The summed E-state index contributed by atoms with van der Waals surface area (Å²) in [6.07, 6.45) is 1.63. The third-order valence-electron chi connectivity index (χ3n) is 2.91. The fraction of sp³-hybridized carbons (Fsp3) is 0.167. The summed E-state index contributed by atoms with van der Waals surface area (Å²) in [5.74, 6) is 2.40. The number of rotatable bonds is 3.